The Balaban J connectivity index is 2.16. The maximum atomic E-state index is 12.6. The fourth-order valence-electron chi connectivity index (χ4n) is 5.51. The number of carbonyl (C=O) groups excluding carboxylic acids is 7. The van der Waals surface area contributed by atoms with Gasteiger partial charge in [0.1, 0.15) is 37.3 Å². The molecule has 3 rings (SSSR count). The van der Waals surface area contributed by atoms with Crippen molar-refractivity contribution in [1.82, 2.24) is 0 Å². The van der Waals surface area contributed by atoms with Crippen LogP contribution in [0, 0.1) is 0 Å². The molecule has 2 heterocycles. The van der Waals surface area contributed by atoms with Crippen LogP contribution in [-0.2, 0) is 87.4 Å². The van der Waals surface area contributed by atoms with Crippen LogP contribution >= 0.6 is 0 Å². The van der Waals surface area contributed by atoms with Gasteiger partial charge in [-0.15, -0.1) is 0 Å². The van der Waals surface area contributed by atoms with E-state index in [0.29, 0.717) is 0 Å². The Morgan fingerprint density at radius 1 is 0.500 bits per heavy atom. The number of carbonyl (C=O) groups is 7. The molecule has 0 saturated carbocycles. The van der Waals surface area contributed by atoms with Gasteiger partial charge in [0.05, 0.1) is 0 Å². The molecule has 2 saturated heterocycles. The molecular formula is C34H44O18. The van der Waals surface area contributed by atoms with Gasteiger partial charge in [-0.25, -0.2) is 0 Å². The minimum Gasteiger partial charge on any atom is -0.463 e. The monoisotopic (exact) mass is 740 g/mol. The van der Waals surface area contributed by atoms with E-state index in [4.69, 9.17) is 52.1 Å². The number of aryl methyl sites for hydroxylation is 1. The zero-order valence-corrected chi connectivity index (χ0v) is 30.1. The normalized spacial score (nSPS) is 28.3. The van der Waals surface area contributed by atoms with Crippen molar-refractivity contribution in [2.24, 2.45) is 0 Å². The van der Waals surface area contributed by atoms with Gasteiger partial charge < -0.3 is 52.1 Å². The number of ether oxygens (including phenoxy) is 11. The van der Waals surface area contributed by atoms with Crippen LogP contribution in [0.5, 0.6) is 5.75 Å². The standard InChI is InChI=1S/C34H44O18/c1-9-23-10-12-24(13-11-23)49-33-31(47-21(7)40)30(46-20(6)39)28(26(50-33)15-43-17(3)36)52-34-32(48-22(8)41)29(45-19(5)38)27(44-18(4)37)25(51-34)14-42-16(2)35/h10-13,25-34H,9,14-15H2,1-8H3/t25-,26-,27+,28+,29+,30+,31+,32+,33+,34+/m0/s1. The Kier molecular flexibility index (Phi) is 15.3. The smallest absolute Gasteiger partial charge is 0.303 e. The van der Waals surface area contributed by atoms with Gasteiger partial charge in [0.25, 0.3) is 0 Å². The Morgan fingerprint density at radius 2 is 0.885 bits per heavy atom. The Morgan fingerprint density at radius 3 is 1.33 bits per heavy atom. The molecule has 0 N–H and O–H groups in total. The predicted octanol–water partition coefficient (Wildman–Crippen LogP) is 1.25. The van der Waals surface area contributed by atoms with Crippen molar-refractivity contribution in [2.45, 2.75) is 123 Å². The van der Waals surface area contributed by atoms with Crippen molar-refractivity contribution in [3.63, 3.8) is 0 Å². The quantitative estimate of drug-likeness (QED) is 0.193. The zero-order chi connectivity index (χ0) is 38.7. The summed E-state index contributed by atoms with van der Waals surface area (Å²) in [4.78, 5) is 85.7. The molecule has 288 valence electrons. The van der Waals surface area contributed by atoms with Crippen LogP contribution in [-0.4, -0.2) is 116 Å². The molecule has 0 aromatic heterocycles. The van der Waals surface area contributed by atoms with Gasteiger partial charge in [0, 0.05) is 48.5 Å². The van der Waals surface area contributed by atoms with Crippen LogP contribution in [0.3, 0.4) is 0 Å². The third-order valence-electron chi connectivity index (χ3n) is 7.47. The van der Waals surface area contributed by atoms with Gasteiger partial charge in [-0.2, -0.15) is 0 Å². The highest BCUT2D eigenvalue weighted by atomic mass is 16.8. The van der Waals surface area contributed by atoms with Gasteiger partial charge in [-0.3, -0.25) is 33.6 Å². The number of benzene rings is 1. The van der Waals surface area contributed by atoms with E-state index in [1.54, 1.807) is 24.3 Å². The first-order chi connectivity index (χ1) is 24.5. The summed E-state index contributed by atoms with van der Waals surface area (Å²) in [6.07, 6.45) is -14.8. The van der Waals surface area contributed by atoms with Crippen LogP contribution in [0.2, 0.25) is 0 Å². The molecule has 0 spiro atoms. The molecule has 1 aromatic rings. The maximum Gasteiger partial charge on any atom is 0.303 e. The largest absolute Gasteiger partial charge is 0.463 e. The van der Waals surface area contributed by atoms with Crippen molar-refractivity contribution >= 4 is 41.8 Å². The zero-order valence-electron chi connectivity index (χ0n) is 30.1. The molecule has 10 atom stereocenters. The number of hydrogen-bond acceptors (Lipinski definition) is 18. The fourth-order valence-corrected chi connectivity index (χ4v) is 5.51. The summed E-state index contributed by atoms with van der Waals surface area (Å²) in [5.74, 6) is -5.53. The van der Waals surface area contributed by atoms with E-state index < -0.39 is 116 Å². The molecule has 0 unspecified atom stereocenters. The highest BCUT2D eigenvalue weighted by Gasteiger charge is 2.58. The lowest BCUT2D eigenvalue weighted by molar-refractivity contribution is -0.354. The molecule has 2 aliphatic heterocycles. The van der Waals surface area contributed by atoms with Crippen molar-refractivity contribution in [3.8, 4) is 5.75 Å². The van der Waals surface area contributed by atoms with E-state index in [9.17, 15) is 33.6 Å². The average Bonchev–Trinajstić information content (AvgIpc) is 3.03. The van der Waals surface area contributed by atoms with E-state index in [-0.39, 0.29) is 5.75 Å². The molecule has 0 bridgehead atoms. The third kappa shape index (κ3) is 12.2. The van der Waals surface area contributed by atoms with Crippen molar-refractivity contribution in [1.29, 1.82) is 0 Å². The second-order valence-electron chi connectivity index (χ2n) is 11.8. The van der Waals surface area contributed by atoms with Crippen LogP contribution in [0.15, 0.2) is 24.3 Å². The van der Waals surface area contributed by atoms with Crippen LogP contribution in [0.25, 0.3) is 0 Å². The highest BCUT2D eigenvalue weighted by Crippen LogP contribution is 2.36. The Hall–Kier alpha value is -4.81. The molecule has 2 fully saturated rings. The van der Waals surface area contributed by atoms with E-state index in [0.717, 1.165) is 60.5 Å². The van der Waals surface area contributed by atoms with Crippen LogP contribution in [0.4, 0.5) is 0 Å². The van der Waals surface area contributed by atoms with Gasteiger partial charge in [0.15, 0.2) is 30.7 Å². The third-order valence-corrected chi connectivity index (χ3v) is 7.47. The van der Waals surface area contributed by atoms with Crippen LogP contribution in [0.1, 0.15) is 61.0 Å². The first kappa shape index (κ1) is 41.6. The summed E-state index contributed by atoms with van der Waals surface area (Å²) < 4.78 is 62.6. The second kappa shape index (κ2) is 19.1. The molecule has 18 nitrogen and oxygen atoms in total. The van der Waals surface area contributed by atoms with Gasteiger partial charge in [-0.1, -0.05) is 19.1 Å². The molecule has 1 aromatic carbocycles. The number of esters is 7. The van der Waals surface area contributed by atoms with Gasteiger partial charge in [0.2, 0.25) is 12.4 Å². The summed E-state index contributed by atoms with van der Waals surface area (Å²) in [6, 6.07) is 6.90. The maximum absolute atomic E-state index is 12.6. The van der Waals surface area contributed by atoms with E-state index in [1.165, 1.54) is 0 Å². The molecular weight excluding hydrogens is 696 g/mol. The van der Waals surface area contributed by atoms with E-state index in [2.05, 4.69) is 0 Å². The predicted molar refractivity (Wildman–Crippen MR) is 170 cm³/mol. The lowest BCUT2D eigenvalue weighted by Crippen LogP contribution is -2.67. The average molecular weight is 741 g/mol. The fraction of sp³-hybridized carbons (Fsp3) is 0.618. The lowest BCUT2D eigenvalue weighted by atomic mass is 9.96. The summed E-state index contributed by atoms with van der Waals surface area (Å²) in [6.45, 7) is 8.42. The summed E-state index contributed by atoms with van der Waals surface area (Å²) >= 11 is 0. The first-order valence-electron chi connectivity index (χ1n) is 16.3. The molecule has 18 heteroatoms. The van der Waals surface area contributed by atoms with E-state index >= 15 is 0 Å². The van der Waals surface area contributed by atoms with Gasteiger partial charge >= 0.3 is 41.8 Å². The summed E-state index contributed by atoms with van der Waals surface area (Å²) in [5.41, 5.74) is 0.997. The summed E-state index contributed by atoms with van der Waals surface area (Å²) in [5, 5.41) is 0. The van der Waals surface area contributed by atoms with Crippen molar-refractivity contribution < 1.29 is 85.7 Å². The highest BCUT2D eigenvalue weighted by molar-refractivity contribution is 5.69. The minimum atomic E-state index is -1.79. The second-order valence-corrected chi connectivity index (χ2v) is 11.8. The number of rotatable bonds is 14. The van der Waals surface area contributed by atoms with E-state index in [1.807, 2.05) is 6.92 Å². The van der Waals surface area contributed by atoms with Crippen molar-refractivity contribution in [2.75, 3.05) is 13.2 Å². The van der Waals surface area contributed by atoms with Crippen LogP contribution < -0.4 is 4.74 Å². The Bertz CT molecular complexity index is 1440. The molecule has 52 heavy (non-hydrogen) atoms. The summed E-state index contributed by atoms with van der Waals surface area (Å²) in [7, 11) is 0. The topological polar surface area (TPSA) is 221 Å². The molecule has 2 aliphatic rings. The number of hydrogen-bond donors (Lipinski definition) is 0. The Labute approximate surface area is 299 Å². The van der Waals surface area contributed by atoms with Crippen molar-refractivity contribution in [3.05, 3.63) is 29.8 Å². The molecule has 0 radical (unpaired) electrons. The first-order valence-corrected chi connectivity index (χ1v) is 16.3. The SMILES string of the molecule is CCc1ccc(O[C@@H]2O[C@@H](COC(C)=O)[C@@H](O[C@H]3O[C@@H](COC(C)=O)[C@@H](OC(C)=O)[C@@H](OC(C)=O)[C@H]3OC(C)=O)[C@@H](OC(C)=O)[C@H]2OC(C)=O)cc1. The minimum absolute atomic E-state index is 0.283. The van der Waals surface area contributed by atoms with Gasteiger partial charge in [-0.05, 0) is 24.1 Å². The molecule has 0 amide bonds. The molecule has 0 aliphatic carbocycles. The lowest BCUT2D eigenvalue weighted by Gasteiger charge is -2.48.